The standard InChI is InChI=1S/C18H19BrN2O3/c1-21(2)15(12-7-8-16-17(9-12)24-11-23-16)10-20-18(22)13-5-3-4-6-14(13)19/h3-9,15H,10-11H2,1-2H3,(H,20,22)/t15-/m1/s1. The van der Waals surface area contributed by atoms with Crippen LogP contribution in [0.25, 0.3) is 0 Å². The van der Waals surface area contributed by atoms with Crippen LogP contribution in [0.4, 0.5) is 0 Å². The molecule has 1 amide bonds. The molecule has 1 heterocycles. The summed E-state index contributed by atoms with van der Waals surface area (Å²) in [4.78, 5) is 14.5. The second-order valence-corrected chi connectivity index (χ2v) is 6.64. The van der Waals surface area contributed by atoms with Gasteiger partial charge in [-0.1, -0.05) is 18.2 Å². The van der Waals surface area contributed by atoms with Crippen molar-refractivity contribution in [2.75, 3.05) is 27.4 Å². The first-order chi connectivity index (χ1) is 11.6. The SMILES string of the molecule is CN(C)[C@H](CNC(=O)c1ccccc1Br)c1ccc2c(c1)OCO2. The second kappa shape index (κ2) is 7.23. The Morgan fingerprint density at radius 3 is 2.71 bits per heavy atom. The number of fused-ring (bicyclic) bond motifs is 1. The highest BCUT2D eigenvalue weighted by molar-refractivity contribution is 9.10. The van der Waals surface area contributed by atoms with Crippen LogP contribution in [0.15, 0.2) is 46.9 Å². The molecule has 1 aliphatic rings. The lowest BCUT2D eigenvalue weighted by Gasteiger charge is -2.25. The van der Waals surface area contributed by atoms with Gasteiger partial charge < -0.3 is 19.7 Å². The van der Waals surface area contributed by atoms with Crippen LogP contribution in [0.2, 0.25) is 0 Å². The Bertz CT molecular complexity index is 749. The van der Waals surface area contributed by atoms with Gasteiger partial charge >= 0.3 is 0 Å². The van der Waals surface area contributed by atoms with Crippen molar-refractivity contribution < 1.29 is 14.3 Å². The highest BCUT2D eigenvalue weighted by Gasteiger charge is 2.20. The Morgan fingerprint density at radius 1 is 1.21 bits per heavy atom. The summed E-state index contributed by atoms with van der Waals surface area (Å²) in [6, 6.07) is 13.3. The van der Waals surface area contributed by atoms with Crippen molar-refractivity contribution in [2.24, 2.45) is 0 Å². The van der Waals surface area contributed by atoms with E-state index in [0.29, 0.717) is 12.1 Å². The first-order valence-corrected chi connectivity index (χ1v) is 8.44. The minimum Gasteiger partial charge on any atom is -0.454 e. The second-order valence-electron chi connectivity index (χ2n) is 5.78. The summed E-state index contributed by atoms with van der Waals surface area (Å²) in [5.41, 5.74) is 1.69. The number of amides is 1. The summed E-state index contributed by atoms with van der Waals surface area (Å²) >= 11 is 3.41. The van der Waals surface area contributed by atoms with Crippen LogP contribution in [0.5, 0.6) is 11.5 Å². The lowest BCUT2D eigenvalue weighted by molar-refractivity contribution is 0.0941. The van der Waals surface area contributed by atoms with Gasteiger partial charge in [0.05, 0.1) is 11.6 Å². The fourth-order valence-corrected chi connectivity index (χ4v) is 3.11. The summed E-state index contributed by atoms with van der Waals surface area (Å²) in [5.74, 6) is 1.40. The van der Waals surface area contributed by atoms with Crippen LogP contribution in [0.1, 0.15) is 22.0 Å². The summed E-state index contributed by atoms with van der Waals surface area (Å²) < 4.78 is 11.6. The monoisotopic (exact) mass is 390 g/mol. The van der Waals surface area contributed by atoms with Crippen molar-refractivity contribution >= 4 is 21.8 Å². The molecule has 1 atom stereocenters. The van der Waals surface area contributed by atoms with Gasteiger partial charge in [-0.15, -0.1) is 0 Å². The van der Waals surface area contributed by atoms with E-state index in [2.05, 4.69) is 26.1 Å². The number of nitrogens with zero attached hydrogens (tertiary/aromatic N) is 1. The molecule has 2 aromatic carbocycles. The zero-order chi connectivity index (χ0) is 17.1. The van der Waals surface area contributed by atoms with Crippen molar-refractivity contribution in [1.82, 2.24) is 10.2 Å². The van der Waals surface area contributed by atoms with Gasteiger partial charge in [-0.2, -0.15) is 0 Å². The number of rotatable bonds is 5. The van der Waals surface area contributed by atoms with Gasteiger partial charge in [0.15, 0.2) is 11.5 Å². The Morgan fingerprint density at radius 2 is 1.96 bits per heavy atom. The van der Waals surface area contributed by atoms with E-state index in [0.717, 1.165) is 21.5 Å². The van der Waals surface area contributed by atoms with E-state index in [-0.39, 0.29) is 18.7 Å². The van der Waals surface area contributed by atoms with E-state index in [1.165, 1.54) is 0 Å². The third-order valence-electron chi connectivity index (χ3n) is 3.98. The van der Waals surface area contributed by atoms with E-state index < -0.39 is 0 Å². The van der Waals surface area contributed by atoms with Crippen LogP contribution in [0, 0.1) is 0 Å². The summed E-state index contributed by atoms with van der Waals surface area (Å²) in [5, 5.41) is 3.00. The average Bonchev–Trinajstić information content (AvgIpc) is 3.02. The maximum atomic E-state index is 12.4. The quantitative estimate of drug-likeness (QED) is 0.851. The predicted molar refractivity (Wildman–Crippen MR) is 95.5 cm³/mol. The normalized spacial score (nSPS) is 13.8. The Labute approximate surface area is 149 Å². The number of benzene rings is 2. The van der Waals surface area contributed by atoms with Gasteiger partial charge in [0.2, 0.25) is 6.79 Å². The van der Waals surface area contributed by atoms with Crippen LogP contribution < -0.4 is 14.8 Å². The smallest absolute Gasteiger partial charge is 0.252 e. The molecule has 0 aromatic heterocycles. The molecule has 0 unspecified atom stereocenters. The molecule has 2 aromatic rings. The van der Waals surface area contributed by atoms with Gasteiger partial charge in [-0.05, 0) is 59.9 Å². The molecular formula is C18H19BrN2O3. The molecule has 0 spiro atoms. The van der Waals surface area contributed by atoms with Crippen LogP contribution in [-0.4, -0.2) is 38.2 Å². The number of halogens is 1. The average molecular weight is 391 g/mol. The molecule has 0 fully saturated rings. The first-order valence-electron chi connectivity index (χ1n) is 7.65. The van der Waals surface area contributed by atoms with Gasteiger partial charge in [-0.25, -0.2) is 0 Å². The molecule has 0 radical (unpaired) electrons. The summed E-state index contributed by atoms with van der Waals surface area (Å²) in [6.07, 6.45) is 0. The minimum absolute atomic E-state index is 0.0333. The molecule has 5 nitrogen and oxygen atoms in total. The molecule has 126 valence electrons. The van der Waals surface area contributed by atoms with Crippen molar-refractivity contribution in [2.45, 2.75) is 6.04 Å². The topological polar surface area (TPSA) is 50.8 Å². The molecule has 24 heavy (non-hydrogen) atoms. The molecular weight excluding hydrogens is 372 g/mol. The van der Waals surface area contributed by atoms with Gasteiger partial charge in [-0.3, -0.25) is 4.79 Å². The maximum Gasteiger partial charge on any atom is 0.252 e. The molecule has 3 rings (SSSR count). The molecule has 1 N–H and O–H groups in total. The highest BCUT2D eigenvalue weighted by atomic mass is 79.9. The van der Waals surface area contributed by atoms with E-state index in [1.54, 1.807) is 6.07 Å². The molecule has 0 bridgehead atoms. The number of hydrogen-bond acceptors (Lipinski definition) is 4. The minimum atomic E-state index is -0.102. The third kappa shape index (κ3) is 3.55. The lowest BCUT2D eigenvalue weighted by Crippen LogP contribution is -2.34. The maximum absolute atomic E-state index is 12.4. The van der Waals surface area contributed by atoms with Gasteiger partial charge in [0.1, 0.15) is 0 Å². The summed E-state index contributed by atoms with van der Waals surface area (Å²) in [7, 11) is 3.97. The van der Waals surface area contributed by atoms with Crippen LogP contribution in [-0.2, 0) is 0 Å². The van der Waals surface area contributed by atoms with Gasteiger partial charge in [0, 0.05) is 11.0 Å². The predicted octanol–water partition coefficient (Wildman–Crippen LogP) is 3.21. The van der Waals surface area contributed by atoms with Crippen molar-refractivity contribution in [1.29, 1.82) is 0 Å². The lowest BCUT2D eigenvalue weighted by atomic mass is 10.0. The zero-order valence-corrected chi connectivity index (χ0v) is 15.2. The van der Waals surface area contributed by atoms with E-state index in [9.17, 15) is 4.79 Å². The zero-order valence-electron chi connectivity index (χ0n) is 13.6. The van der Waals surface area contributed by atoms with Crippen LogP contribution in [0.3, 0.4) is 0 Å². The molecule has 6 heteroatoms. The number of carbonyl (C=O) groups is 1. The number of likely N-dealkylation sites (N-methyl/N-ethyl adjacent to an activating group) is 1. The van der Waals surface area contributed by atoms with E-state index >= 15 is 0 Å². The molecule has 0 aliphatic carbocycles. The van der Waals surface area contributed by atoms with Crippen molar-refractivity contribution in [3.8, 4) is 11.5 Å². The molecule has 1 aliphatic heterocycles. The summed E-state index contributed by atoms with van der Waals surface area (Å²) in [6.45, 7) is 0.747. The van der Waals surface area contributed by atoms with Crippen molar-refractivity contribution in [3.05, 3.63) is 58.1 Å². The number of carbonyl (C=O) groups excluding carboxylic acids is 1. The Hall–Kier alpha value is -2.05. The van der Waals surface area contributed by atoms with E-state index in [1.807, 2.05) is 50.5 Å². The molecule has 0 saturated carbocycles. The molecule has 0 saturated heterocycles. The van der Waals surface area contributed by atoms with Gasteiger partial charge in [0.25, 0.3) is 5.91 Å². The Kier molecular flexibility index (Phi) is 5.06. The highest BCUT2D eigenvalue weighted by Crippen LogP contribution is 2.35. The number of hydrogen-bond donors (Lipinski definition) is 1. The fraction of sp³-hybridized carbons (Fsp3) is 0.278. The van der Waals surface area contributed by atoms with Crippen LogP contribution >= 0.6 is 15.9 Å². The largest absolute Gasteiger partial charge is 0.454 e. The fourth-order valence-electron chi connectivity index (χ4n) is 2.65. The van der Waals surface area contributed by atoms with Crippen molar-refractivity contribution in [3.63, 3.8) is 0 Å². The first kappa shape index (κ1) is 16.8. The number of nitrogens with one attached hydrogen (secondary N) is 1. The number of ether oxygens (including phenoxy) is 2. The third-order valence-corrected chi connectivity index (χ3v) is 4.67. The van der Waals surface area contributed by atoms with E-state index in [4.69, 9.17) is 9.47 Å². The Balaban J connectivity index is 1.73.